The predicted molar refractivity (Wildman–Crippen MR) is 74.4 cm³/mol. The van der Waals surface area contributed by atoms with E-state index >= 15 is 0 Å². The summed E-state index contributed by atoms with van der Waals surface area (Å²) in [4.78, 5) is 14.4. The van der Waals surface area contributed by atoms with Crippen molar-refractivity contribution in [2.75, 3.05) is 0 Å². The lowest BCUT2D eigenvalue weighted by atomic mass is 10.0. The van der Waals surface area contributed by atoms with Gasteiger partial charge < -0.3 is 15.1 Å². The van der Waals surface area contributed by atoms with Gasteiger partial charge in [-0.3, -0.25) is 4.79 Å². The Morgan fingerprint density at radius 2 is 2.16 bits per heavy atom. The first-order chi connectivity index (χ1) is 8.96. The maximum atomic E-state index is 12.5. The molecule has 1 aliphatic rings. The van der Waals surface area contributed by atoms with E-state index in [1.54, 1.807) is 6.26 Å². The van der Waals surface area contributed by atoms with Crippen molar-refractivity contribution in [3.63, 3.8) is 0 Å². The second-order valence-corrected chi connectivity index (χ2v) is 6.20. The Hall–Kier alpha value is -1.29. The molecule has 2 rings (SSSR count). The van der Waals surface area contributed by atoms with Gasteiger partial charge in [-0.15, -0.1) is 0 Å². The van der Waals surface area contributed by atoms with Crippen LogP contribution in [0.15, 0.2) is 22.8 Å². The summed E-state index contributed by atoms with van der Waals surface area (Å²) in [6, 6.07) is 4.13. The molecule has 4 nitrogen and oxygen atoms in total. The quantitative estimate of drug-likeness (QED) is 0.889. The van der Waals surface area contributed by atoms with Gasteiger partial charge in [-0.05, 0) is 38.8 Å². The van der Waals surface area contributed by atoms with Crippen molar-refractivity contribution < 1.29 is 9.21 Å². The Labute approximate surface area is 114 Å². The molecule has 0 radical (unpaired) electrons. The van der Waals surface area contributed by atoms with Gasteiger partial charge in [0.05, 0.1) is 12.8 Å². The minimum atomic E-state index is -0.461. The first-order valence-corrected chi connectivity index (χ1v) is 7.06. The molecule has 1 aliphatic carbocycles. The molecule has 1 amide bonds. The average molecular weight is 264 g/mol. The number of carbonyl (C=O) groups excluding carboxylic acids is 1. The van der Waals surface area contributed by atoms with Crippen molar-refractivity contribution in [3.05, 3.63) is 24.2 Å². The van der Waals surface area contributed by atoms with Crippen molar-refractivity contribution in [1.82, 2.24) is 4.90 Å². The Morgan fingerprint density at radius 1 is 1.47 bits per heavy atom. The molecule has 19 heavy (non-hydrogen) atoms. The maximum Gasteiger partial charge on any atom is 0.225 e. The average Bonchev–Trinajstić information content (AvgIpc) is 2.96. The van der Waals surface area contributed by atoms with Crippen molar-refractivity contribution in [3.8, 4) is 0 Å². The summed E-state index contributed by atoms with van der Waals surface area (Å²) < 4.78 is 5.38. The first kappa shape index (κ1) is 14.1. The molecule has 2 N–H and O–H groups in total. The van der Waals surface area contributed by atoms with Gasteiger partial charge in [-0.1, -0.05) is 12.8 Å². The molecule has 106 valence electrons. The van der Waals surface area contributed by atoms with Crippen molar-refractivity contribution in [2.24, 2.45) is 5.73 Å². The monoisotopic (exact) mass is 264 g/mol. The van der Waals surface area contributed by atoms with Crippen LogP contribution in [0.25, 0.3) is 0 Å². The molecule has 1 heterocycles. The third kappa shape index (κ3) is 4.10. The topological polar surface area (TPSA) is 59.5 Å². The molecule has 0 aliphatic heterocycles. The van der Waals surface area contributed by atoms with Crippen LogP contribution in [-0.4, -0.2) is 22.4 Å². The lowest BCUT2D eigenvalue weighted by Crippen LogP contribution is -2.44. The molecule has 0 spiro atoms. The number of carbonyl (C=O) groups is 1. The van der Waals surface area contributed by atoms with E-state index in [1.165, 1.54) is 12.8 Å². The Kier molecular flexibility index (Phi) is 4.30. The zero-order valence-electron chi connectivity index (χ0n) is 11.9. The number of hydrogen-bond donors (Lipinski definition) is 1. The number of nitrogens with two attached hydrogens (primary N) is 1. The van der Waals surface area contributed by atoms with Crippen molar-refractivity contribution in [1.29, 1.82) is 0 Å². The maximum absolute atomic E-state index is 12.5. The first-order valence-electron chi connectivity index (χ1n) is 7.06. The normalized spacial score (nSPS) is 16.8. The molecule has 4 heteroatoms. The molecule has 1 aromatic heterocycles. The van der Waals surface area contributed by atoms with Crippen LogP contribution in [-0.2, 0) is 11.3 Å². The lowest BCUT2D eigenvalue weighted by molar-refractivity contribution is -0.135. The highest BCUT2D eigenvalue weighted by atomic mass is 16.3. The number of nitrogens with zero attached hydrogens (tertiary/aromatic N) is 1. The van der Waals surface area contributed by atoms with Gasteiger partial charge in [-0.25, -0.2) is 0 Å². The molecular weight excluding hydrogens is 240 g/mol. The van der Waals surface area contributed by atoms with E-state index < -0.39 is 5.54 Å². The molecule has 0 bridgehead atoms. The highest BCUT2D eigenvalue weighted by Crippen LogP contribution is 2.26. The second kappa shape index (κ2) is 5.78. The Balaban J connectivity index is 2.07. The minimum Gasteiger partial charge on any atom is -0.467 e. The van der Waals surface area contributed by atoms with Gasteiger partial charge in [0.15, 0.2) is 0 Å². The SMILES string of the molecule is CC(C)(N)CC(=O)N(Cc1ccco1)C1CCCC1. The van der Waals surface area contributed by atoms with Gasteiger partial charge in [0.25, 0.3) is 0 Å². The molecule has 0 aromatic carbocycles. The van der Waals surface area contributed by atoms with Gasteiger partial charge in [-0.2, -0.15) is 0 Å². The van der Waals surface area contributed by atoms with Gasteiger partial charge in [0, 0.05) is 18.0 Å². The summed E-state index contributed by atoms with van der Waals surface area (Å²) >= 11 is 0. The summed E-state index contributed by atoms with van der Waals surface area (Å²) in [7, 11) is 0. The van der Waals surface area contributed by atoms with Crippen LogP contribution in [0.3, 0.4) is 0 Å². The number of hydrogen-bond acceptors (Lipinski definition) is 3. The van der Waals surface area contributed by atoms with Crippen molar-refractivity contribution in [2.45, 2.75) is 64.1 Å². The highest BCUT2D eigenvalue weighted by Gasteiger charge is 2.29. The fourth-order valence-corrected chi connectivity index (χ4v) is 2.70. The zero-order valence-corrected chi connectivity index (χ0v) is 11.9. The molecule has 0 saturated heterocycles. The molecule has 1 fully saturated rings. The van der Waals surface area contributed by atoms with E-state index in [0.717, 1.165) is 18.6 Å². The largest absolute Gasteiger partial charge is 0.467 e. The fourth-order valence-electron chi connectivity index (χ4n) is 2.70. The van der Waals surface area contributed by atoms with Crippen LogP contribution < -0.4 is 5.73 Å². The van der Waals surface area contributed by atoms with E-state index in [4.69, 9.17) is 10.2 Å². The zero-order chi connectivity index (χ0) is 13.9. The molecule has 0 unspecified atom stereocenters. The van der Waals surface area contributed by atoms with Crippen LogP contribution in [0.1, 0.15) is 51.7 Å². The summed E-state index contributed by atoms with van der Waals surface area (Å²) in [6.07, 6.45) is 6.63. The molecule has 1 aromatic rings. The standard InChI is InChI=1S/C15H24N2O2/c1-15(2,16)10-14(18)17(12-6-3-4-7-12)11-13-8-5-9-19-13/h5,8-9,12H,3-4,6-7,10-11,16H2,1-2H3. The van der Waals surface area contributed by atoms with Gasteiger partial charge >= 0.3 is 0 Å². The van der Waals surface area contributed by atoms with Crippen LogP contribution in [0.2, 0.25) is 0 Å². The van der Waals surface area contributed by atoms with Crippen LogP contribution >= 0.6 is 0 Å². The fraction of sp³-hybridized carbons (Fsp3) is 0.667. The van der Waals surface area contributed by atoms with Gasteiger partial charge in [0.2, 0.25) is 5.91 Å². The molecule has 1 saturated carbocycles. The van der Waals surface area contributed by atoms with E-state index in [0.29, 0.717) is 19.0 Å². The number of furan rings is 1. The Morgan fingerprint density at radius 3 is 2.68 bits per heavy atom. The lowest BCUT2D eigenvalue weighted by Gasteiger charge is -2.31. The van der Waals surface area contributed by atoms with Crippen molar-refractivity contribution >= 4 is 5.91 Å². The number of rotatable bonds is 5. The summed E-state index contributed by atoms with van der Waals surface area (Å²) in [5.41, 5.74) is 5.51. The van der Waals surface area contributed by atoms with E-state index in [9.17, 15) is 4.79 Å². The molecule has 0 atom stereocenters. The summed E-state index contributed by atoms with van der Waals surface area (Å²) in [6.45, 7) is 4.35. The van der Waals surface area contributed by atoms with E-state index in [1.807, 2.05) is 30.9 Å². The van der Waals surface area contributed by atoms with Crippen LogP contribution in [0.4, 0.5) is 0 Å². The van der Waals surface area contributed by atoms with E-state index in [-0.39, 0.29) is 5.91 Å². The number of amides is 1. The summed E-state index contributed by atoms with van der Waals surface area (Å²) in [5.74, 6) is 0.978. The minimum absolute atomic E-state index is 0.135. The highest BCUT2D eigenvalue weighted by molar-refractivity contribution is 5.77. The molecular formula is C15H24N2O2. The van der Waals surface area contributed by atoms with Crippen LogP contribution in [0, 0.1) is 0 Å². The van der Waals surface area contributed by atoms with E-state index in [2.05, 4.69) is 0 Å². The Bertz CT molecular complexity index is 400. The van der Waals surface area contributed by atoms with Gasteiger partial charge in [0.1, 0.15) is 5.76 Å². The van der Waals surface area contributed by atoms with Crippen LogP contribution in [0.5, 0.6) is 0 Å². The third-order valence-electron chi connectivity index (χ3n) is 3.60. The summed E-state index contributed by atoms with van der Waals surface area (Å²) in [5, 5.41) is 0. The predicted octanol–water partition coefficient (Wildman–Crippen LogP) is 2.68. The second-order valence-electron chi connectivity index (χ2n) is 6.20. The smallest absolute Gasteiger partial charge is 0.225 e. The third-order valence-corrected chi connectivity index (χ3v) is 3.60.